The molecule has 0 amide bonds. The minimum atomic E-state index is -0.439. The minimum absolute atomic E-state index is 0.0204. The molecule has 0 heterocycles. The number of allylic oxidation sites excluding steroid dienone is 1. The standard InChI is InChI=1S/C8H9FO.C4H6O/c9-5-7-1-3-8(6-10)4-2-7;1-4(2)3-5/h1-4,10H,5-6H2;3H,1H2,2H3. The van der Waals surface area contributed by atoms with Gasteiger partial charge >= 0.3 is 0 Å². The highest BCUT2D eigenvalue weighted by atomic mass is 19.1. The molecular formula is C12H15FO2. The fraction of sp³-hybridized carbons (Fsp3) is 0.250. The SMILES string of the molecule is C=C(C)C=O.OCc1ccc(CF)cc1. The summed E-state index contributed by atoms with van der Waals surface area (Å²) in [5, 5.41) is 8.61. The third-order valence-corrected chi connectivity index (χ3v) is 1.56. The first-order chi connectivity index (χ1) is 7.13. The lowest BCUT2D eigenvalue weighted by Gasteiger charge is -1.95. The monoisotopic (exact) mass is 210 g/mol. The van der Waals surface area contributed by atoms with E-state index in [9.17, 15) is 9.18 Å². The Morgan fingerprint density at radius 1 is 1.40 bits per heavy atom. The van der Waals surface area contributed by atoms with Crippen LogP contribution in [0, 0.1) is 0 Å². The number of alkyl halides is 1. The normalized spacial score (nSPS) is 8.73. The van der Waals surface area contributed by atoms with Gasteiger partial charge in [0.05, 0.1) is 6.61 Å². The lowest BCUT2D eigenvalue weighted by molar-refractivity contribution is -0.104. The van der Waals surface area contributed by atoms with Gasteiger partial charge in [0.25, 0.3) is 0 Å². The number of halogens is 1. The Bertz CT molecular complexity index is 281. The third-order valence-electron chi connectivity index (χ3n) is 1.56. The third kappa shape index (κ3) is 6.57. The first kappa shape index (κ1) is 13.5. The minimum Gasteiger partial charge on any atom is -0.392 e. The van der Waals surface area contributed by atoms with Crippen LogP contribution >= 0.6 is 0 Å². The van der Waals surface area contributed by atoms with Crippen molar-refractivity contribution in [2.75, 3.05) is 0 Å². The summed E-state index contributed by atoms with van der Waals surface area (Å²) in [6.07, 6.45) is 0.722. The lowest BCUT2D eigenvalue weighted by atomic mass is 10.2. The van der Waals surface area contributed by atoms with Crippen molar-refractivity contribution in [3.8, 4) is 0 Å². The van der Waals surface area contributed by atoms with Crippen LogP contribution in [0.2, 0.25) is 0 Å². The highest BCUT2D eigenvalue weighted by Crippen LogP contribution is 2.04. The average Bonchev–Trinajstić information content (AvgIpc) is 2.30. The largest absolute Gasteiger partial charge is 0.392 e. The van der Waals surface area contributed by atoms with Crippen LogP contribution in [0.1, 0.15) is 18.1 Å². The van der Waals surface area contributed by atoms with Crippen LogP contribution in [0.25, 0.3) is 0 Å². The van der Waals surface area contributed by atoms with Crippen molar-refractivity contribution in [1.29, 1.82) is 0 Å². The van der Waals surface area contributed by atoms with E-state index in [0.717, 1.165) is 11.8 Å². The summed E-state index contributed by atoms with van der Waals surface area (Å²) in [4.78, 5) is 9.41. The lowest BCUT2D eigenvalue weighted by Crippen LogP contribution is -1.83. The van der Waals surface area contributed by atoms with E-state index >= 15 is 0 Å². The number of rotatable bonds is 3. The molecule has 0 radical (unpaired) electrons. The zero-order valence-electron chi connectivity index (χ0n) is 8.74. The van der Waals surface area contributed by atoms with Gasteiger partial charge in [-0.3, -0.25) is 4.79 Å². The number of aliphatic hydroxyl groups excluding tert-OH is 1. The van der Waals surface area contributed by atoms with Crippen LogP contribution in [-0.2, 0) is 18.1 Å². The Kier molecular flexibility index (Phi) is 7.10. The molecule has 0 bridgehead atoms. The molecule has 2 nitrogen and oxygen atoms in total. The van der Waals surface area contributed by atoms with Crippen molar-refractivity contribution in [1.82, 2.24) is 0 Å². The number of aldehydes is 1. The first-order valence-corrected chi connectivity index (χ1v) is 4.49. The summed E-state index contributed by atoms with van der Waals surface area (Å²) in [6, 6.07) is 6.78. The maximum Gasteiger partial charge on any atom is 0.145 e. The zero-order valence-corrected chi connectivity index (χ0v) is 8.74. The molecule has 1 aromatic carbocycles. The fourth-order valence-electron chi connectivity index (χ4n) is 0.734. The highest BCUT2D eigenvalue weighted by Gasteiger charge is 1.90. The highest BCUT2D eigenvalue weighted by molar-refractivity contribution is 5.70. The van der Waals surface area contributed by atoms with Crippen LogP contribution in [0.15, 0.2) is 36.4 Å². The molecule has 0 aliphatic carbocycles. The molecule has 1 aromatic rings. The molecule has 0 aromatic heterocycles. The smallest absolute Gasteiger partial charge is 0.145 e. The fourth-order valence-corrected chi connectivity index (χ4v) is 0.734. The number of aliphatic hydroxyl groups is 1. The summed E-state index contributed by atoms with van der Waals surface area (Å²) >= 11 is 0. The average molecular weight is 210 g/mol. The van der Waals surface area contributed by atoms with Gasteiger partial charge in [0, 0.05) is 0 Å². The number of carbonyl (C=O) groups is 1. The molecule has 15 heavy (non-hydrogen) atoms. The van der Waals surface area contributed by atoms with Crippen molar-refractivity contribution >= 4 is 6.29 Å². The predicted octanol–water partition coefficient (Wildman–Crippen LogP) is 2.41. The van der Waals surface area contributed by atoms with Gasteiger partial charge in [-0.05, 0) is 23.6 Å². The van der Waals surface area contributed by atoms with Gasteiger partial charge in [0.2, 0.25) is 0 Å². The molecule has 0 saturated carbocycles. The number of carbonyl (C=O) groups excluding carboxylic acids is 1. The summed E-state index contributed by atoms with van der Waals surface area (Å²) in [6.45, 7) is 4.55. The van der Waals surface area contributed by atoms with Crippen LogP contribution in [0.4, 0.5) is 4.39 Å². The summed E-state index contributed by atoms with van der Waals surface area (Å²) < 4.78 is 11.9. The van der Waals surface area contributed by atoms with Gasteiger partial charge in [0.15, 0.2) is 0 Å². The molecule has 1 rings (SSSR count). The van der Waals surface area contributed by atoms with Gasteiger partial charge < -0.3 is 5.11 Å². The van der Waals surface area contributed by atoms with Crippen molar-refractivity contribution in [3.05, 3.63) is 47.5 Å². The number of hydrogen-bond acceptors (Lipinski definition) is 2. The molecule has 0 atom stereocenters. The summed E-state index contributed by atoms with van der Waals surface area (Å²) in [5.74, 6) is 0. The molecular weight excluding hydrogens is 195 g/mol. The van der Waals surface area contributed by atoms with Crippen LogP contribution in [0.5, 0.6) is 0 Å². The van der Waals surface area contributed by atoms with Crippen LogP contribution < -0.4 is 0 Å². The Morgan fingerprint density at radius 2 is 1.80 bits per heavy atom. The molecule has 0 spiro atoms. The molecule has 0 saturated heterocycles. The van der Waals surface area contributed by atoms with Crippen molar-refractivity contribution in [2.45, 2.75) is 20.2 Å². The van der Waals surface area contributed by atoms with E-state index in [2.05, 4.69) is 6.58 Å². The van der Waals surface area contributed by atoms with Gasteiger partial charge in [-0.25, -0.2) is 4.39 Å². The quantitative estimate of drug-likeness (QED) is 0.614. The van der Waals surface area contributed by atoms with Crippen LogP contribution in [0.3, 0.4) is 0 Å². The number of hydrogen-bond donors (Lipinski definition) is 1. The van der Waals surface area contributed by atoms with Crippen molar-refractivity contribution in [3.63, 3.8) is 0 Å². The van der Waals surface area contributed by atoms with Gasteiger partial charge in [-0.15, -0.1) is 0 Å². The van der Waals surface area contributed by atoms with Gasteiger partial charge in [-0.1, -0.05) is 30.8 Å². The Labute approximate surface area is 89.1 Å². The molecule has 1 N–H and O–H groups in total. The second kappa shape index (κ2) is 7.88. The Morgan fingerprint density at radius 3 is 2.07 bits per heavy atom. The summed E-state index contributed by atoms with van der Waals surface area (Å²) in [7, 11) is 0. The predicted molar refractivity (Wildman–Crippen MR) is 58.1 cm³/mol. The second-order valence-corrected chi connectivity index (χ2v) is 3.07. The van der Waals surface area contributed by atoms with Crippen LogP contribution in [-0.4, -0.2) is 11.4 Å². The maximum absolute atomic E-state index is 11.9. The topological polar surface area (TPSA) is 37.3 Å². The molecule has 0 aliphatic heterocycles. The Balaban J connectivity index is 0.000000336. The molecule has 0 aliphatic rings. The first-order valence-electron chi connectivity index (χ1n) is 4.49. The zero-order chi connectivity index (χ0) is 11.7. The van der Waals surface area contributed by atoms with Crippen molar-refractivity contribution < 1.29 is 14.3 Å². The molecule has 0 unspecified atom stereocenters. The van der Waals surface area contributed by atoms with Gasteiger partial charge in [0.1, 0.15) is 13.0 Å². The van der Waals surface area contributed by atoms with E-state index in [1.165, 1.54) is 0 Å². The number of benzene rings is 1. The van der Waals surface area contributed by atoms with E-state index in [1.54, 1.807) is 31.2 Å². The second-order valence-electron chi connectivity index (χ2n) is 3.07. The van der Waals surface area contributed by atoms with Crippen molar-refractivity contribution in [2.24, 2.45) is 0 Å². The van der Waals surface area contributed by atoms with E-state index in [4.69, 9.17) is 5.11 Å². The van der Waals surface area contributed by atoms with E-state index in [-0.39, 0.29) is 6.61 Å². The van der Waals surface area contributed by atoms with E-state index < -0.39 is 6.67 Å². The Hall–Kier alpha value is -1.48. The summed E-state index contributed by atoms with van der Waals surface area (Å²) in [5.41, 5.74) is 2.04. The van der Waals surface area contributed by atoms with E-state index in [0.29, 0.717) is 11.1 Å². The molecule has 3 heteroatoms. The van der Waals surface area contributed by atoms with Gasteiger partial charge in [-0.2, -0.15) is 0 Å². The molecule has 82 valence electrons. The molecule has 0 fully saturated rings. The maximum atomic E-state index is 11.9. The van der Waals surface area contributed by atoms with E-state index in [1.807, 2.05) is 0 Å².